The molecule has 0 atom stereocenters. The highest BCUT2D eigenvalue weighted by Gasteiger charge is 2.16. The van der Waals surface area contributed by atoms with Gasteiger partial charge in [0.15, 0.2) is 5.78 Å². The summed E-state index contributed by atoms with van der Waals surface area (Å²) in [6.07, 6.45) is 1.13. The average Bonchev–Trinajstić information content (AvgIpc) is 2.65. The monoisotopic (exact) mass is 276 g/mol. The van der Waals surface area contributed by atoms with E-state index < -0.39 is 0 Å². The fourth-order valence-corrected chi connectivity index (χ4v) is 2.46. The molecule has 1 aliphatic rings. The lowest BCUT2D eigenvalue weighted by atomic mass is 10.1. The molecule has 0 N–H and O–H groups in total. The van der Waals surface area contributed by atoms with Crippen LogP contribution in [0.25, 0.3) is 0 Å². The van der Waals surface area contributed by atoms with Crippen LogP contribution in [0.1, 0.15) is 23.7 Å². The van der Waals surface area contributed by atoms with Crippen LogP contribution in [0.2, 0.25) is 0 Å². The fourth-order valence-electron chi connectivity index (χ4n) is 2.46. The van der Waals surface area contributed by atoms with E-state index in [0.29, 0.717) is 13.2 Å². The number of hydrogen-bond donors (Lipinski definition) is 0. The number of carbonyl (C=O) groups excluding carboxylic acids is 1. The molecule has 0 amide bonds. The molecule has 110 valence electrons. The molecule has 4 heteroatoms. The zero-order chi connectivity index (χ0) is 14.4. The second-order valence-electron chi connectivity index (χ2n) is 5.31. The molecule has 2 rings (SSSR count). The summed E-state index contributed by atoms with van der Waals surface area (Å²) in [4.78, 5) is 16.9. The highest BCUT2D eigenvalue weighted by atomic mass is 16.5. The first-order chi connectivity index (χ1) is 9.69. The van der Waals surface area contributed by atoms with E-state index in [-0.39, 0.29) is 5.78 Å². The molecule has 0 aliphatic carbocycles. The standard InChI is InChI=1S/C16H24N2O2/c1-3-20-15-7-5-14(6-8-15)16(19)13-18-10-4-9-17(2)11-12-18/h5-8H,3-4,9-13H2,1-2H3. The molecule has 0 spiro atoms. The molecule has 4 nitrogen and oxygen atoms in total. The number of Topliss-reactive ketones (excluding diaryl/α,β-unsaturated/α-hetero) is 1. The zero-order valence-corrected chi connectivity index (χ0v) is 12.5. The first-order valence-electron chi connectivity index (χ1n) is 7.36. The SMILES string of the molecule is CCOc1ccc(C(=O)CN2CCCN(C)CC2)cc1. The topological polar surface area (TPSA) is 32.8 Å². The summed E-state index contributed by atoms with van der Waals surface area (Å²) in [6.45, 7) is 7.25. The third kappa shape index (κ3) is 4.32. The van der Waals surface area contributed by atoms with Crippen LogP contribution in [-0.4, -0.2) is 62.0 Å². The van der Waals surface area contributed by atoms with Crippen molar-refractivity contribution in [3.8, 4) is 5.75 Å². The van der Waals surface area contributed by atoms with Crippen molar-refractivity contribution < 1.29 is 9.53 Å². The molecule has 1 aromatic carbocycles. The minimum absolute atomic E-state index is 0.192. The van der Waals surface area contributed by atoms with Crippen molar-refractivity contribution in [2.75, 3.05) is 46.4 Å². The summed E-state index contributed by atoms with van der Waals surface area (Å²) < 4.78 is 5.39. The number of likely N-dealkylation sites (N-methyl/N-ethyl adjacent to an activating group) is 1. The number of carbonyl (C=O) groups is 1. The normalized spacial score (nSPS) is 17.7. The predicted molar refractivity (Wildman–Crippen MR) is 80.5 cm³/mol. The van der Waals surface area contributed by atoms with Gasteiger partial charge < -0.3 is 9.64 Å². The molecule has 1 aliphatic heterocycles. The van der Waals surface area contributed by atoms with Crippen LogP contribution in [0.3, 0.4) is 0 Å². The maximum Gasteiger partial charge on any atom is 0.176 e. The van der Waals surface area contributed by atoms with Crippen LogP contribution in [0.5, 0.6) is 5.75 Å². The largest absolute Gasteiger partial charge is 0.494 e. The molecular weight excluding hydrogens is 252 g/mol. The summed E-state index contributed by atoms with van der Waals surface area (Å²) in [5.74, 6) is 1.01. The second-order valence-corrected chi connectivity index (χ2v) is 5.31. The second kappa shape index (κ2) is 7.41. The van der Waals surface area contributed by atoms with Gasteiger partial charge in [0, 0.05) is 18.7 Å². The van der Waals surface area contributed by atoms with E-state index >= 15 is 0 Å². The quantitative estimate of drug-likeness (QED) is 0.769. The van der Waals surface area contributed by atoms with Gasteiger partial charge in [0.2, 0.25) is 0 Å². The maximum absolute atomic E-state index is 12.3. The maximum atomic E-state index is 12.3. The van der Waals surface area contributed by atoms with Gasteiger partial charge >= 0.3 is 0 Å². The predicted octanol–water partition coefficient (Wildman–Crippen LogP) is 1.91. The van der Waals surface area contributed by atoms with E-state index in [0.717, 1.165) is 43.9 Å². The van der Waals surface area contributed by atoms with E-state index in [1.165, 1.54) is 0 Å². The summed E-state index contributed by atoms with van der Waals surface area (Å²) in [6, 6.07) is 7.45. The first kappa shape index (κ1) is 15.0. The molecule has 0 radical (unpaired) electrons. The molecule has 1 fully saturated rings. The lowest BCUT2D eigenvalue weighted by Gasteiger charge is -2.19. The van der Waals surface area contributed by atoms with Gasteiger partial charge in [-0.3, -0.25) is 9.69 Å². The third-order valence-electron chi connectivity index (χ3n) is 3.67. The smallest absolute Gasteiger partial charge is 0.176 e. The summed E-state index contributed by atoms with van der Waals surface area (Å²) in [7, 11) is 2.14. The Morgan fingerprint density at radius 2 is 1.90 bits per heavy atom. The molecule has 1 heterocycles. The van der Waals surface area contributed by atoms with E-state index in [1.54, 1.807) is 0 Å². The Hall–Kier alpha value is -1.39. The third-order valence-corrected chi connectivity index (χ3v) is 3.67. The zero-order valence-electron chi connectivity index (χ0n) is 12.5. The van der Waals surface area contributed by atoms with Crippen molar-refractivity contribution in [3.05, 3.63) is 29.8 Å². The van der Waals surface area contributed by atoms with Gasteiger partial charge in [-0.25, -0.2) is 0 Å². The summed E-state index contributed by atoms with van der Waals surface area (Å²) >= 11 is 0. The number of nitrogens with zero attached hydrogens (tertiary/aromatic N) is 2. The molecular formula is C16H24N2O2. The Labute approximate surface area is 121 Å². The van der Waals surface area contributed by atoms with E-state index in [4.69, 9.17) is 4.74 Å². The number of rotatable bonds is 5. The molecule has 20 heavy (non-hydrogen) atoms. The first-order valence-corrected chi connectivity index (χ1v) is 7.36. The van der Waals surface area contributed by atoms with Crippen LogP contribution in [0, 0.1) is 0 Å². The number of ether oxygens (including phenoxy) is 1. The van der Waals surface area contributed by atoms with Crippen LogP contribution in [0.15, 0.2) is 24.3 Å². The summed E-state index contributed by atoms with van der Waals surface area (Å²) in [5.41, 5.74) is 0.769. The van der Waals surface area contributed by atoms with Crippen molar-refractivity contribution in [2.24, 2.45) is 0 Å². The van der Waals surface area contributed by atoms with Crippen molar-refractivity contribution >= 4 is 5.78 Å². The van der Waals surface area contributed by atoms with Gasteiger partial charge in [-0.1, -0.05) is 0 Å². The lowest BCUT2D eigenvalue weighted by molar-refractivity contribution is 0.0933. The van der Waals surface area contributed by atoms with Crippen LogP contribution < -0.4 is 4.74 Å². The molecule has 1 saturated heterocycles. The van der Waals surface area contributed by atoms with Crippen molar-refractivity contribution in [1.29, 1.82) is 0 Å². The average molecular weight is 276 g/mol. The van der Waals surface area contributed by atoms with Crippen molar-refractivity contribution in [3.63, 3.8) is 0 Å². The molecule has 0 bridgehead atoms. The van der Waals surface area contributed by atoms with Gasteiger partial charge in [-0.15, -0.1) is 0 Å². The summed E-state index contributed by atoms with van der Waals surface area (Å²) in [5, 5.41) is 0. The van der Waals surface area contributed by atoms with Gasteiger partial charge in [0.25, 0.3) is 0 Å². The minimum atomic E-state index is 0.192. The number of benzene rings is 1. The van der Waals surface area contributed by atoms with Gasteiger partial charge in [-0.05, 0) is 57.7 Å². The van der Waals surface area contributed by atoms with Crippen molar-refractivity contribution in [2.45, 2.75) is 13.3 Å². The number of ketones is 1. The van der Waals surface area contributed by atoms with Crippen LogP contribution in [-0.2, 0) is 0 Å². The molecule has 0 aromatic heterocycles. The Morgan fingerprint density at radius 1 is 1.15 bits per heavy atom. The Kier molecular flexibility index (Phi) is 5.56. The molecule has 0 unspecified atom stereocenters. The van der Waals surface area contributed by atoms with E-state index in [1.807, 2.05) is 31.2 Å². The van der Waals surface area contributed by atoms with E-state index in [9.17, 15) is 4.79 Å². The van der Waals surface area contributed by atoms with Crippen LogP contribution >= 0.6 is 0 Å². The minimum Gasteiger partial charge on any atom is -0.494 e. The van der Waals surface area contributed by atoms with Crippen molar-refractivity contribution in [1.82, 2.24) is 9.80 Å². The highest BCUT2D eigenvalue weighted by Crippen LogP contribution is 2.13. The highest BCUT2D eigenvalue weighted by molar-refractivity contribution is 5.97. The lowest BCUT2D eigenvalue weighted by Crippen LogP contribution is -2.33. The van der Waals surface area contributed by atoms with Crippen LogP contribution in [0.4, 0.5) is 0 Å². The molecule has 1 aromatic rings. The van der Waals surface area contributed by atoms with Gasteiger partial charge in [-0.2, -0.15) is 0 Å². The Bertz CT molecular complexity index is 431. The van der Waals surface area contributed by atoms with Gasteiger partial charge in [0.05, 0.1) is 13.2 Å². The number of hydrogen-bond acceptors (Lipinski definition) is 4. The Balaban J connectivity index is 1.90. The Morgan fingerprint density at radius 3 is 2.60 bits per heavy atom. The van der Waals surface area contributed by atoms with E-state index in [2.05, 4.69) is 16.8 Å². The molecule has 0 saturated carbocycles. The fraction of sp³-hybridized carbons (Fsp3) is 0.562. The van der Waals surface area contributed by atoms with Gasteiger partial charge in [0.1, 0.15) is 5.75 Å².